The number of aliphatic carboxylic acids is 2. The Morgan fingerprint density at radius 1 is 0.767 bits per heavy atom. The zero-order chi connectivity index (χ0) is 23.0. The number of unbranched alkanes of at least 4 members (excludes halogenated alkanes) is 6. The van der Waals surface area contributed by atoms with Gasteiger partial charge in [-0.3, -0.25) is 9.59 Å². The van der Waals surface area contributed by atoms with Crippen molar-refractivity contribution in [2.75, 3.05) is 0 Å². The Kier molecular flexibility index (Phi) is 15.2. The summed E-state index contributed by atoms with van der Waals surface area (Å²) in [7, 11) is 0. The van der Waals surface area contributed by atoms with Crippen molar-refractivity contribution in [3.63, 3.8) is 0 Å². The lowest BCUT2D eigenvalue weighted by atomic mass is 9.87. The molecule has 0 radical (unpaired) electrons. The zero-order valence-corrected chi connectivity index (χ0v) is 19.0. The lowest BCUT2D eigenvalue weighted by molar-refractivity contribution is -0.174. The van der Waals surface area contributed by atoms with Crippen LogP contribution in [0.3, 0.4) is 0 Å². The highest BCUT2D eigenvalue weighted by Crippen LogP contribution is 2.28. The Labute approximate surface area is 181 Å². The first-order chi connectivity index (χ1) is 14.2. The van der Waals surface area contributed by atoms with Gasteiger partial charge in [-0.05, 0) is 31.6 Å². The molecule has 0 amide bonds. The van der Waals surface area contributed by atoms with Crippen LogP contribution in [-0.4, -0.2) is 44.9 Å². The number of hydrogen-bond acceptors (Lipinski definition) is 5. The fourth-order valence-electron chi connectivity index (χ4n) is 3.72. The van der Waals surface area contributed by atoms with E-state index in [1.54, 1.807) is 0 Å². The van der Waals surface area contributed by atoms with Gasteiger partial charge in [0.05, 0.1) is 12.8 Å². The maximum atomic E-state index is 12.5. The van der Waals surface area contributed by atoms with Gasteiger partial charge in [-0.2, -0.15) is 0 Å². The highest BCUT2D eigenvalue weighted by Gasteiger charge is 2.42. The molecule has 0 saturated carbocycles. The van der Waals surface area contributed by atoms with Crippen molar-refractivity contribution >= 4 is 17.9 Å². The summed E-state index contributed by atoms with van der Waals surface area (Å²) in [6, 6.07) is 0. The third-order valence-electron chi connectivity index (χ3n) is 5.54. The number of carboxylic acid groups (broad SMARTS) is 2. The van der Waals surface area contributed by atoms with E-state index in [1.165, 1.54) is 0 Å². The number of hydrogen-bond donors (Lipinski definition) is 3. The van der Waals surface area contributed by atoms with Crippen LogP contribution in [0.1, 0.15) is 111 Å². The molecule has 0 aromatic heterocycles. The first-order valence-corrected chi connectivity index (χ1v) is 11.6. The SMILES string of the molecule is CCCCCCC(OC(=O)CC(O)(CC(=O)O)C(=O)O)C(CCCC)CCCCC. The monoisotopic (exact) mass is 430 g/mol. The Morgan fingerprint density at radius 3 is 1.83 bits per heavy atom. The molecular formula is C23H42O7. The van der Waals surface area contributed by atoms with E-state index in [0.29, 0.717) is 6.42 Å². The largest absolute Gasteiger partial charge is 0.481 e. The second-order valence-electron chi connectivity index (χ2n) is 8.36. The Bertz CT molecular complexity index is 506. The maximum absolute atomic E-state index is 12.5. The lowest BCUT2D eigenvalue weighted by Crippen LogP contribution is -2.44. The molecule has 7 heteroatoms. The number of rotatable bonds is 19. The van der Waals surface area contributed by atoms with E-state index < -0.39 is 36.4 Å². The summed E-state index contributed by atoms with van der Waals surface area (Å²) >= 11 is 0. The summed E-state index contributed by atoms with van der Waals surface area (Å²) < 4.78 is 5.69. The van der Waals surface area contributed by atoms with Gasteiger partial charge in [0.15, 0.2) is 5.60 Å². The molecule has 176 valence electrons. The minimum atomic E-state index is -2.66. The number of carbonyl (C=O) groups is 3. The summed E-state index contributed by atoms with van der Waals surface area (Å²) in [5.74, 6) is -3.87. The van der Waals surface area contributed by atoms with Crippen LogP contribution < -0.4 is 0 Å². The fraction of sp³-hybridized carbons (Fsp3) is 0.870. The van der Waals surface area contributed by atoms with Gasteiger partial charge in [-0.25, -0.2) is 4.79 Å². The Morgan fingerprint density at radius 2 is 1.30 bits per heavy atom. The minimum Gasteiger partial charge on any atom is -0.481 e. The molecule has 0 saturated heterocycles. The average molecular weight is 431 g/mol. The molecule has 0 fully saturated rings. The first kappa shape index (κ1) is 28.4. The lowest BCUT2D eigenvalue weighted by Gasteiger charge is -2.29. The Balaban J connectivity index is 5.26. The van der Waals surface area contributed by atoms with Gasteiger partial charge in [0.1, 0.15) is 6.10 Å². The van der Waals surface area contributed by atoms with Crippen molar-refractivity contribution < 1.29 is 34.4 Å². The predicted molar refractivity (Wildman–Crippen MR) is 115 cm³/mol. The van der Waals surface area contributed by atoms with E-state index >= 15 is 0 Å². The van der Waals surface area contributed by atoms with E-state index in [1.807, 2.05) is 0 Å². The number of ether oxygens (including phenoxy) is 1. The molecule has 7 nitrogen and oxygen atoms in total. The van der Waals surface area contributed by atoms with Crippen molar-refractivity contribution in [3.05, 3.63) is 0 Å². The van der Waals surface area contributed by atoms with Crippen molar-refractivity contribution in [3.8, 4) is 0 Å². The molecule has 0 aromatic carbocycles. The molecule has 3 N–H and O–H groups in total. The molecule has 0 aliphatic heterocycles. The van der Waals surface area contributed by atoms with Crippen LogP contribution >= 0.6 is 0 Å². The topological polar surface area (TPSA) is 121 Å². The summed E-state index contributed by atoms with van der Waals surface area (Å²) in [5, 5.41) is 28.3. The Hall–Kier alpha value is -1.63. The van der Waals surface area contributed by atoms with Crippen molar-refractivity contribution in [1.82, 2.24) is 0 Å². The summed E-state index contributed by atoms with van der Waals surface area (Å²) in [4.78, 5) is 34.8. The quantitative estimate of drug-likeness (QED) is 0.196. The van der Waals surface area contributed by atoms with Gasteiger partial charge < -0.3 is 20.1 Å². The standard InChI is InChI=1S/C23H42O7/c1-4-7-10-12-15-19(18(13-9-6-3)14-11-8-5-2)30-21(26)17-23(29,22(27)28)16-20(24)25/h18-19,29H,4-17H2,1-3H3,(H,24,25)(H,27,28). The van der Waals surface area contributed by atoms with Gasteiger partial charge in [0.25, 0.3) is 0 Å². The molecule has 0 rings (SSSR count). The van der Waals surface area contributed by atoms with Crippen LogP contribution in [0.15, 0.2) is 0 Å². The number of esters is 1. The molecule has 30 heavy (non-hydrogen) atoms. The normalized spacial score (nSPS) is 15.2. The summed E-state index contributed by atoms with van der Waals surface area (Å²) in [6.45, 7) is 6.38. The minimum absolute atomic E-state index is 0.194. The highest BCUT2D eigenvalue weighted by atomic mass is 16.5. The maximum Gasteiger partial charge on any atom is 0.336 e. The first-order valence-electron chi connectivity index (χ1n) is 11.6. The summed E-state index contributed by atoms with van der Waals surface area (Å²) in [5.41, 5.74) is -2.66. The highest BCUT2D eigenvalue weighted by molar-refractivity contribution is 5.88. The molecule has 0 bridgehead atoms. The van der Waals surface area contributed by atoms with Gasteiger partial charge in [0, 0.05) is 0 Å². The van der Waals surface area contributed by atoms with Crippen LogP contribution in [0.4, 0.5) is 0 Å². The second-order valence-corrected chi connectivity index (χ2v) is 8.36. The van der Waals surface area contributed by atoms with Gasteiger partial charge in [0.2, 0.25) is 0 Å². The fourth-order valence-corrected chi connectivity index (χ4v) is 3.72. The van der Waals surface area contributed by atoms with Crippen LogP contribution in [0.5, 0.6) is 0 Å². The zero-order valence-electron chi connectivity index (χ0n) is 19.0. The molecule has 3 unspecified atom stereocenters. The van der Waals surface area contributed by atoms with Crippen molar-refractivity contribution in [1.29, 1.82) is 0 Å². The van der Waals surface area contributed by atoms with E-state index in [4.69, 9.17) is 9.84 Å². The van der Waals surface area contributed by atoms with Gasteiger partial charge in [-0.1, -0.05) is 72.1 Å². The third kappa shape index (κ3) is 12.2. The van der Waals surface area contributed by atoms with E-state index in [9.17, 15) is 24.6 Å². The molecular weight excluding hydrogens is 388 g/mol. The van der Waals surface area contributed by atoms with Crippen LogP contribution in [-0.2, 0) is 19.1 Å². The second kappa shape index (κ2) is 16.1. The number of carboxylic acids is 2. The molecule has 0 spiro atoms. The molecule has 0 aliphatic rings. The van der Waals surface area contributed by atoms with E-state index in [-0.39, 0.29) is 12.0 Å². The molecule has 0 heterocycles. The predicted octanol–water partition coefficient (Wildman–Crippen LogP) is 4.94. The smallest absolute Gasteiger partial charge is 0.336 e. The van der Waals surface area contributed by atoms with Crippen LogP contribution in [0.2, 0.25) is 0 Å². The van der Waals surface area contributed by atoms with Gasteiger partial charge >= 0.3 is 17.9 Å². The molecule has 0 aromatic rings. The van der Waals surface area contributed by atoms with Crippen LogP contribution in [0, 0.1) is 5.92 Å². The van der Waals surface area contributed by atoms with E-state index in [0.717, 1.165) is 70.6 Å². The average Bonchev–Trinajstić information content (AvgIpc) is 2.66. The van der Waals surface area contributed by atoms with Gasteiger partial charge in [-0.15, -0.1) is 0 Å². The summed E-state index contributed by atoms with van der Waals surface area (Å²) in [6.07, 6.45) is 9.82. The molecule has 0 aliphatic carbocycles. The van der Waals surface area contributed by atoms with Crippen molar-refractivity contribution in [2.24, 2.45) is 5.92 Å². The number of carbonyl (C=O) groups excluding carboxylic acids is 1. The van der Waals surface area contributed by atoms with E-state index in [2.05, 4.69) is 20.8 Å². The molecule has 3 atom stereocenters. The third-order valence-corrected chi connectivity index (χ3v) is 5.54. The number of aliphatic hydroxyl groups is 1. The van der Waals surface area contributed by atoms with Crippen molar-refractivity contribution in [2.45, 2.75) is 122 Å². The van der Waals surface area contributed by atoms with Crippen LogP contribution in [0.25, 0.3) is 0 Å².